The lowest BCUT2D eigenvalue weighted by atomic mass is 10.0. The smallest absolute Gasteiger partial charge is 0.337 e. The molecule has 0 spiro atoms. The zero-order valence-corrected chi connectivity index (χ0v) is 19.7. The van der Waals surface area contributed by atoms with Gasteiger partial charge in [0.15, 0.2) is 0 Å². The Morgan fingerprint density at radius 2 is 1.86 bits per heavy atom. The molecule has 2 amide bonds. The van der Waals surface area contributed by atoms with Crippen molar-refractivity contribution in [2.75, 3.05) is 18.4 Å². The molecule has 1 aliphatic heterocycles. The minimum atomic E-state index is -1.16. The molecule has 2 aromatic heterocycles. The maximum absolute atomic E-state index is 13.3. The molecule has 1 aromatic carbocycles. The standard InChI is InChI=1S/C24H25ClN6O4/c25-14-4-7-19(26-12-14)28-20(32)13-31-18-3-1-2-17(24(34)35)21(18)29-22(31)23(33)27-15-8-10-30(11-9-15)16-5-6-16/h1-4,7,12,15-16H,5-6,8-11,13H2,(H,27,33)(H,34,35)(H,26,28,32). The Balaban J connectivity index is 1.39. The Hall–Kier alpha value is -3.50. The fourth-order valence-electron chi connectivity index (χ4n) is 4.53. The van der Waals surface area contributed by atoms with Crippen molar-refractivity contribution >= 4 is 46.2 Å². The number of hydrogen-bond acceptors (Lipinski definition) is 6. The number of imidazole rings is 1. The van der Waals surface area contributed by atoms with Crippen LogP contribution in [0.15, 0.2) is 36.5 Å². The minimum Gasteiger partial charge on any atom is -0.478 e. The molecule has 2 fully saturated rings. The van der Waals surface area contributed by atoms with E-state index in [1.54, 1.807) is 24.3 Å². The van der Waals surface area contributed by atoms with Gasteiger partial charge in [-0.05, 0) is 49.9 Å². The second-order valence-electron chi connectivity index (χ2n) is 8.92. The Labute approximate surface area is 206 Å². The fraction of sp³-hybridized carbons (Fsp3) is 0.375. The number of carbonyl (C=O) groups excluding carboxylic acids is 2. The number of carboxylic acid groups (broad SMARTS) is 1. The highest BCUT2D eigenvalue weighted by Crippen LogP contribution is 2.29. The third-order valence-corrected chi connectivity index (χ3v) is 6.66. The topological polar surface area (TPSA) is 129 Å². The van der Waals surface area contributed by atoms with E-state index in [1.807, 2.05) is 0 Å². The van der Waals surface area contributed by atoms with Gasteiger partial charge in [-0.15, -0.1) is 0 Å². The van der Waals surface area contributed by atoms with Crippen LogP contribution in [0, 0.1) is 0 Å². The third-order valence-electron chi connectivity index (χ3n) is 6.44. The molecule has 2 aliphatic rings. The van der Waals surface area contributed by atoms with Crippen molar-refractivity contribution < 1.29 is 19.5 Å². The first-order chi connectivity index (χ1) is 16.9. The van der Waals surface area contributed by atoms with E-state index in [-0.39, 0.29) is 29.5 Å². The first-order valence-corrected chi connectivity index (χ1v) is 12.0. The Morgan fingerprint density at radius 3 is 2.51 bits per heavy atom. The summed E-state index contributed by atoms with van der Waals surface area (Å²) in [7, 11) is 0. The second-order valence-corrected chi connectivity index (χ2v) is 9.36. The molecule has 3 heterocycles. The van der Waals surface area contributed by atoms with E-state index in [2.05, 4.69) is 25.5 Å². The fourth-order valence-corrected chi connectivity index (χ4v) is 4.64. The van der Waals surface area contributed by atoms with Crippen LogP contribution in [0.3, 0.4) is 0 Å². The van der Waals surface area contributed by atoms with E-state index in [4.69, 9.17) is 11.6 Å². The Kier molecular flexibility index (Phi) is 6.40. The second kappa shape index (κ2) is 9.63. The zero-order chi connectivity index (χ0) is 24.5. The lowest BCUT2D eigenvalue weighted by Crippen LogP contribution is -2.45. The highest BCUT2D eigenvalue weighted by atomic mass is 35.5. The van der Waals surface area contributed by atoms with Crippen LogP contribution in [0.25, 0.3) is 11.0 Å². The van der Waals surface area contributed by atoms with Gasteiger partial charge in [0.1, 0.15) is 17.9 Å². The van der Waals surface area contributed by atoms with Crippen LogP contribution in [-0.2, 0) is 11.3 Å². The number of para-hydroxylation sites is 1. The number of amides is 2. The van der Waals surface area contributed by atoms with Gasteiger partial charge in [0, 0.05) is 31.4 Å². The number of carboxylic acids is 1. The number of aromatic carboxylic acids is 1. The van der Waals surface area contributed by atoms with Crippen LogP contribution < -0.4 is 10.6 Å². The highest BCUT2D eigenvalue weighted by Gasteiger charge is 2.33. The average molecular weight is 497 g/mol. The molecule has 0 bridgehead atoms. The number of likely N-dealkylation sites (tertiary alicyclic amines) is 1. The summed E-state index contributed by atoms with van der Waals surface area (Å²) in [6.07, 6.45) is 5.59. The molecule has 0 atom stereocenters. The number of carbonyl (C=O) groups is 3. The third kappa shape index (κ3) is 5.13. The van der Waals surface area contributed by atoms with E-state index in [1.165, 1.54) is 29.7 Å². The number of rotatable bonds is 7. The van der Waals surface area contributed by atoms with Gasteiger partial charge in [-0.3, -0.25) is 9.59 Å². The molecule has 3 aromatic rings. The van der Waals surface area contributed by atoms with Crippen molar-refractivity contribution in [1.29, 1.82) is 0 Å². The number of nitrogens with zero attached hydrogens (tertiary/aromatic N) is 4. The predicted molar refractivity (Wildman–Crippen MR) is 130 cm³/mol. The van der Waals surface area contributed by atoms with Crippen LogP contribution in [-0.4, -0.2) is 67.5 Å². The van der Waals surface area contributed by atoms with Crippen molar-refractivity contribution in [3.05, 3.63) is 52.9 Å². The summed E-state index contributed by atoms with van der Waals surface area (Å²) < 4.78 is 1.45. The summed E-state index contributed by atoms with van der Waals surface area (Å²) in [4.78, 5) is 48.7. The van der Waals surface area contributed by atoms with Crippen LogP contribution in [0.1, 0.15) is 46.7 Å². The van der Waals surface area contributed by atoms with E-state index in [0.717, 1.165) is 25.9 Å². The number of hydrogen-bond donors (Lipinski definition) is 3. The van der Waals surface area contributed by atoms with Crippen molar-refractivity contribution in [1.82, 2.24) is 24.8 Å². The van der Waals surface area contributed by atoms with Gasteiger partial charge in [-0.2, -0.15) is 0 Å². The predicted octanol–water partition coefficient (Wildman–Crippen LogP) is 2.78. The number of nitrogens with one attached hydrogen (secondary N) is 2. The SMILES string of the molecule is O=C(Cn1c(C(=O)NC2CCN(C3CC3)CC2)nc2c(C(=O)O)cccc21)Nc1ccc(Cl)cn1. The summed E-state index contributed by atoms with van der Waals surface area (Å²) in [5.74, 6) is -1.72. The van der Waals surface area contributed by atoms with Gasteiger partial charge >= 0.3 is 5.97 Å². The lowest BCUT2D eigenvalue weighted by molar-refractivity contribution is -0.116. The van der Waals surface area contributed by atoms with Crippen molar-refractivity contribution in [3.63, 3.8) is 0 Å². The van der Waals surface area contributed by atoms with Crippen LogP contribution >= 0.6 is 11.6 Å². The van der Waals surface area contributed by atoms with E-state index in [0.29, 0.717) is 22.4 Å². The summed E-state index contributed by atoms with van der Waals surface area (Å²) in [5, 5.41) is 15.7. The number of aromatic nitrogens is 3. The number of piperidine rings is 1. The number of halogens is 1. The summed E-state index contributed by atoms with van der Waals surface area (Å²) in [6, 6.07) is 8.50. The quantitative estimate of drug-likeness (QED) is 0.458. The number of anilines is 1. The van der Waals surface area contributed by atoms with Crippen molar-refractivity contribution in [2.45, 2.75) is 44.3 Å². The first kappa shape index (κ1) is 23.3. The molecule has 1 aliphatic carbocycles. The van der Waals surface area contributed by atoms with Gasteiger partial charge in [-0.1, -0.05) is 17.7 Å². The molecule has 182 valence electrons. The van der Waals surface area contributed by atoms with Crippen molar-refractivity contribution in [2.24, 2.45) is 0 Å². The molecular formula is C24H25ClN6O4. The molecule has 5 rings (SSSR count). The normalized spacial score (nSPS) is 16.8. The van der Waals surface area contributed by atoms with Gasteiger partial charge in [0.2, 0.25) is 11.7 Å². The van der Waals surface area contributed by atoms with E-state index >= 15 is 0 Å². The summed E-state index contributed by atoms with van der Waals surface area (Å²) in [5.41, 5.74) is 0.511. The van der Waals surface area contributed by atoms with Gasteiger partial charge in [0.25, 0.3) is 5.91 Å². The maximum Gasteiger partial charge on any atom is 0.337 e. The number of fused-ring (bicyclic) bond motifs is 1. The molecule has 0 radical (unpaired) electrons. The maximum atomic E-state index is 13.3. The molecule has 10 nitrogen and oxygen atoms in total. The van der Waals surface area contributed by atoms with Gasteiger partial charge < -0.3 is 25.2 Å². The lowest BCUT2D eigenvalue weighted by Gasteiger charge is -2.32. The van der Waals surface area contributed by atoms with Crippen LogP contribution in [0.4, 0.5) is 5.82 Å². The molecule has 1 saturated carbocycles. The zero-order valence-electron chi connectivity index (χ0n) is 18.9. The summed E-state index contributed by atoms with van der Waals surface area (Å²) >= 11 is 5.85. The number of pyridine rings is 1. The molecule has 35 heavy (non-hydrogen) atoms. The largest absolute Gasteiger partial charge is 0.478 e. The molecule has 11 heteroatoms. The Morgan fingerprint density at radius 1 is 1.09 bits per heavy atom. The van der Waals surface area contributed by atoms with E-state index in [9.17, 15) is 19.5 Å². The number of benzene rings is 1. The van der Waals surface area contributed by atoms with E-state index < -0.39 is 17.8 Å². The molecule has 1 saturated heterocycles. The first-order valence-electron chi connectivity index (χ1n) is 11.6. The van der Waals surface area contributed by atoms with Crippen LogP contribution in [0.2, 0.25) is 5.02 Å². The monoisotopic (exact) mass is 496 g/mol. The minimum absolute atomic E-state index is 0.00228. The highest BCUT2D eigenvalue weighted by molar-refractivity contribution is 6.30. The molecule has 0 unspecified atom stereocenters. The van der Waals surface area contributed by atoms with Gasteiger partial charge in [0.05, 0.1) is 16.1 Å². The molecule has 3 N–H and O–H groups in total. The van der Waals surface area contributed by atoms with Crippen LogP contribution in [0.5, 0.6) is 0 Å². The average Bonchev–Trinajstić information content (AvgIpc) is 3.63. The summed E-state index contributed by atoms with van der Waals surface area (Å²) in [6.45, 7) is 1.63. The Bertz CT molecular complexity index is 1280. The van der Waals surface area contributed by atoms with Crippen molar-refractivity contribution in [3.8, 4) is 0 Å². The van der Waals surface area contributed by atoms with Gasteiger partial charge in [-0.25, -0.2) is 14.8 Å². The molecular weight excluding hydrogens is 472 g/mol.